The Kier molecular flexibility index (Phi) is 194. The van der Waals surface area contributed by atoms with Crippen molar-refractivity contribution in [1.82, 2.24) is 58.1 Å². The number of hydrogen-bond donors (Lipinski definition) is 28. The minimum Gasteiger partial charge on any atom is -0.396 e. The maximum atomic E-state index is 8.53. The normalized spacial score (nSPS) is 11.8. The Morgan fingerprint density at radius 3 is 0.682 bits per heavy atom. The molecule has 2 unspecified atom stereocenters. The fraction of sp³-hybridized carbons (Fsp3) is 1.00. The summed E-state index contributed by atoms with van der Waals surface area (Å²) in [6.07, 6.45) is 37.4. The Bertz CT molecular complexity index is 1090. The van der Waals surface area contributed by atoms with Gasteiger partial charge < -0.3 is 154 Å². The molecule has 2 aliphatic heterocycles. The highest BCUT2D eigenvalue weighted by atomic mass is 127. The van der Waals surface area contributed by atoms with Gasteiger partial charge in [0.2, 0.25) is 0 Å². The molecule has 0 saturated carbocycles. The SMILES string of the molecule is C1CNCCN1.CCCCCCNCCCCCN.CCCCCCNCCCCCNCCN.CCCCN.NCCCCCN.NCCCCCNCCCCCO.NCCCCCO.NCCN.NCCN1CCNCC1.NCCNCCCCCO.NCCNCCNCCN.NCCO.PPI. The zero-order chi connectivity index (χ0) is 82.3. The summed E-state index contributed by atoms with van der Waals surface area (Å²) in [7, 11) is 2.59. The van der Waals surface area contributed by atoms with E-state index in [1.165, 1.54) is 155 Å². The molecule has 2 saturated heterocycles. The van der Waals surface area contributed by atoms with Crippen molar-refractivity contribution < 1.29 is 20.4 Å². The van der Waals surface area contributed by atoms with E-state index in [4.69, 9.17) is 101 Å². The van der Waals surface area contributed by atoms with Crippen molar-refractivity contribution in [3.05, 3.63) is 0 Å². The largest absolute Gasteiger partial charge is 0.396 e. The number of rotatable bonds is 61. The number of piperazine rings is 2. The van der Waals surface area contributed by atoms with Crippen molar-refractivity contribution in [2.24, 2.45) is 80.3 Å². The maximum Gasteiger partial charge on any atom is 0.0553 e. The lowest BCUT2D eigenvalue weighted by Crippen LogP contribution is -2.45. The summed E-state index contributed by atoms with van der Waals surface area (Å²) in [5, 5.41) is 65.9. The van der Waals surface area contributed by atoms with E-state index in [1.807, 2.05) is 0 Å². The molecule has 2 atom stereocenters. The number of halogens is 1. The minimum absolute atomic E-state index is 0.0972. The van der Waals surface area contributed by atoms with Crippen LogP contribution in [0.15, 0.2) is 0 Å². The van der Waals surface area contributed by atoms with Crippen molar-refractivity contribution in [3.8, 4) is 0 Å². The molecule has 0 aliphatic carbocycles. The highest BCUT2D eigenvalue weighted by molar-refractivity contribution is 14.2. The van der Waals surface area contributed by atoms with E-state index in [2.05, 4.69) is 110 Å². The molecule has 664 valence electrons. The number of nitrogens with two attached hydrogens (primary N) is 14. The van der Waals surface area contributed by atoms with E-state index in [0.29, 0.717) is 59.1 Å². The third kappa shape index (κ3) is 199. The molecule has 2 heterocycles. The van der Waals surface area contributed by atoms with Gasteiger partial charge in [-0.15, -0.1) is 8.93 Å². The van der Waals surface area contributed by atoms with Crippen LogP contribution in [0.2, 0.25) is 0 Å². The van der Waals surface area contributed by atoms with Crippen LogP contribution in [0.3, 0.4) is 0 Å². The van der Waals surface area contributed by atoms with Crippen LogP contribution in [0.5, 0.6) is 0 Å². The lowest BCUT2D eigenvalue weighted by molar-refractivity contribution is 0.247. The number of aliphatic hydroxyl groups excluding tert-OH is 4. The number of unbranched alkanes of at least 4 members (excludes halogenated alkanes) is 21. The van der Waals surface area contributed by atoms with E-state index >= 15 is 0 Å². The molecule has 2 fully saturated rings. The third-order valence-electron chi connectivity index (χ3n) is 14.8. The molecular weight excluding hydrogens is 1500 g/mol. The summed E-state index contributed by atoms with van der Waals surface area (Å²) in [5.74, 6) is 0.970. The second-order valence-corrected chi connectivity index (χ2v) is 31.8. The molecule has 32 heteroatoms. The lowest BCUT2D eigenvalue weighted by atomic mass is 10.2. The van der Waals surface area contributed by atoms with Gasteiger partial charge in [0.1, 0.15) is 0 Å². The quantitative estimate of drug-likeness (QED) is 0.0232. The number of aliphatic hydroxyl groups is 4. The minimum atomic E-state index is 0.0972. The molecule has 42 N–H and O–H groups in total. The van der Waals surface area contributed by atoms with Crippen LogP contribution in [0.4, 0.5) is 0 Å². The Labute approximate surface area is 680 Å². The van der Waals surface area contributed by atoms with Gasteiger partial charge in [-0.2, -0.15) is 0 Å². The smallest absolute Gasteiger partial charge is 0.0553 e. The van der Waals surface area contributed by atoms with Crippen LogP contribution in [0, 0.1) is 0 Å². The highest BCUT2D eigenvalue weighted by Gasteiger charge is 2.06. The predicted molar refractivity (Wildman–Crippen MR) is 492 cm³/mol. The Hall–Kier alpha value is 0.430. The van der Waals surface area contributed by atoms with Gasteiger partial charge in [-0.3, -0.25) is 4.90 Å². The summed E-state index contributed by atoms with van der Waals surface area (Å²) in [5.41, 5.74) is 72.7. The molecule has 0 aromatic rings. The standard InChI is InChI=1S/C13H31N3.C11H26N2.C10H24N2O.C7H18N2O.C6H18N4.C6H15N3.C5H14N2.C5H13NO.C4H10N2.C4H11N.C2H8N2.C2H7NO.H3IP2/c1-2-3-4-6-10-15-11-7-5-8-12-16-13-9-14;1-2-3-4-7-10-13-11-8-5-6-9-12;11-7-3-1-4-8-12-9-5-2-6-10-13;8-4-6-9-5-2-1-3-7-10;7-1-3-9-5-6-10-4-2-8;7-1-4-9-5-2-8-3-6-9;2*6-4-2-1-3-5-7;1-2-6-4-3-5-1;1-2-3-4-5;2*3-1-2-4;1-3-2/h15-16H,2-14H2,1H3;13H,2-12H2,1H3;12-13H,1-11H2;2*9-10H,1-8H2;8H,1-7H2;1-7H2;7H,1-6H2;5-6H,1-4H2;2-5H2,1H3;1-4H2;4H,1-3H2;3H,2H2. The van der Waals surface area contributed by atoms with Crippen LogP contribution in [0.25, 0.3) is 0 Å². The second-order valence-electron chi connectivity index (χ2n) is 25.3. The van der Waals surface area contributed by atoms with Crippen molar-refractivity contribution >= 4 is 36.9 Å². The summed E-state index contributed by atoms with van der Waals surface area (Å²) < 4.78 is 0. The fourth-order valence-corrected chi connectivity index (χ4v) is 8.53. The van der Waals surface area contributed by atoms with E-state index in [9.17, 15) is 0 Å². The molecule has 0 aromatic carbocycles. The van der Waals surface area contributed by atoms with Crippen molar-refractivity contribution in [2.45, 2.75) is 220 Å². The van der Waals surface area contributed by atoms with Crippen LogP contribution >= 0.6 is 36.9 Å². The molecule has 107 heavy (non-hydrogen) atoms. The van der Waals surface area contributed by atoms with Crippen molar-refractivity contribution in [2.75, 3.05) is 269 Å². The molecule has 0 aromatic heterocycles. The van der Waals surface area contributed by atoms with Gasteiger partial charge >= 0.3 is 0 Å². The fourth-order valence-electron chi connectivity index (χ4n) is 8.53. The topological polar surface area (TPSA) is 569 Å². The summed E-state index contributed by atoms with van der Waals surface area (Å²) in [6, 6.07) is 0. The van der Waals surface area contributed by atoms with E-state index in [-0.39, 0.29) is 6.61 Å². The maximum absolute atomic E-state index is 8.53. The molecule has 0 amide bonds. The van der Waals surface area contributed by atoms with Crippen LogP contribution in [-0.2, 0) is 0 Å². The first-order valence-corrected chi connectivity index (χ1v) is 48.5. The first kappa shape index (κ1) is 131. The molecule has 0 spiro atoms. The van der Waals surface area contributed by atoms with Gasteiger partial charge in [-0.1, -0.05) is 113 Å². The van der Waals surface area contributed by atoms with E-state index in [1.54, 1.807) is 0 Å². The number of nitrogens with one attached hydrogen (secondary N) is 10. The predicted octanol–water partition coefficient (Wildman–Crippen LogP) is 1.41. The van der Waals surface area contributed by atoms with Gasteiger partial charge in [0.15, 0.2) is 0 Å². The van der Waals surface area contributed by atoms with Gasteiger partial charge in [0.05, 0.1) is 6.61 Å². The molecule has 2 aliphatic rings. The second kappa shape index (κ2) is 158. The molecule has 0 bridgehead atoms. The molecule has 0 radical (unpaired) electrons. The number of hydrogen-bond acceptors (Lipinski definition) is 29. The highest BCUT2D eigenvalue weighted by Crippen LogP contribution is 2.28. The summed E-state index contributed by atoms with van der Waals surface area (Å²) in [4.78, 5) is 2.39. The molecule has 2 rings (SSSR count). The van der Waals surface area contributed by atoms with Crippen molar-refractivity contribution in [1.29, 1.82) is 0 Å². The van der Waals surface area contributed by atoms with Crippen LogP contribution < -0.4 is 133 Å². The van der Waals surface area contributed by atoms with E-state index < -0.39 is 0 Å². The Morgan fingerprint density at radius 2 is 0.477 bits per heavy atom. The van der Waals surface area contributed by atoms with Gasteiger partial charge in [0, 0.05) is 170 Å². The molecular formula is C75H198IN25O4P2. The van der Waals surface area contributed by atoms with Crippen LogP contribution in [-0.4, -0.2) is 294 Å². The average molecular weight is 1700 g/mol. The zero-order valence-electron chi connectivity index (χ0n) is 70.7. The first-order valence-electron chi connectivity index (χ1n) is 42.6. The zero-order valence-corrected chi connectivity index (χ0v) is 75.0. The van der Waals surface area contributed by atoms with Crippen LogP contribution in [0.1, 0.15) is 220 Å². The van der Waals surface area contributed by atoms with Crippen molar-refractivity contribution in [3.63, 3.8) is 0 Å². The monoisotopic (exact) mass is 1700 g/mol. The van der Waals surface area contributed by atoms with Gasteiger partial charge in [-0.05, 0) is 226 Å². The lowest BCUT2D eigenvalue weighted by Gasteiger charge is -2.26. The third-order valence-corrected chi connectivity index (χ3v) is 14.8. The summed E-state index contributed by atoms with van der Waals surface area (Å²) >= 11 is 2.28. The van der Waals surface area contributed by atoms with E-state index in [0.717, 1.165) is 253 Å². The number of nitrogens with zero attached hydrogens (tertiary/aromatic N) is 1. The first-order chi connectivity index (χ1) is 52.5. The summed E-state index contributed by atoms with van der Waals surface area (Å²) in [6.45, 7) is 42.6. The molecule has 29 nitrogen and oxygen atoms in total. The Morgan fingerprint density at radius 1 is 0.262 bits per heavy atom. The van der Waals surface area contributed by atoms with Gasteiger partial charge in [-0.25, -0.2) is 0 Å². The Balaban J connectivity index is -0.000000106. The average Bonchev–Trinajstić information content (AvgIpc) is 1.15. The van der Waals surface area contributed by atoms with Gasteiger partial charge in [0.25, 0.3) is 0 Å².